The lowest BCUT2D eigenvalue weighted by Crippen LogP contribution is -1.92. The van der Waals surface area contributed by atoms with Gasteiger partial charge in [-0.05, 0) is 48.1 Å². The maximum absolute atomic E-state index is 4.01. The molecule has 1 heteroatoms. The number of unbranched alkanes of at least 4 members (excludes halogenated alkanes) is 1. The summed E-state index contributed by atoms with van der Waals surface area (Å²) < 4.78 is 1.11. The van der Waals surface area contributed by atoms with Crippen molar-refractivity contribution in [1.82, 2.24) is 0 Å². The van der Waals surface area contributed by atoms with E-state index in [1.54, 1.807) is 6.08 Å². The molecule has 0 spiro atoms. The van der Waals surface area contributed by atoms with Gasteiger partial charge in [-0.25, -0.2) is 0 Å². The molecule has 0 nitrogen and oxygen atoms in total. The smallest absolute Gasteiger partial charge is 0.0178 e. The van der Waals surface area contributed by atoms with Crippen molar-refractivity contribution in [3.05, 3.63) is 65.7 Å². The Morgan fingerprint density at radius 1 is 1.31 bits per heavy atom. The van der Waals surface area contributed by atoms with Crippen LogP contribution in [0.5, 0.6) is 0 Å². The van der Waals surface area contributed by atoms with Crippen LogP contribution in [0.1, 0.15) is 24.0 Å². The lowest BCUT2D eigenvalue weighted by Gasteiger charge is -2.09. The van der Waals surface area contributed by atoms with Crippen LogP contribution in [0, 0.1) is 0 Å². The molecule has 0 unspecified atom stereocenters. The van der Waals surface area contributed by atoms with E-state index in [2.05, 4.69) is 47.8 Å². The molecule has 0 amide bonds. The third kappa shape index (κ3) is 3.49. The van der Waals surface area contributed by atoms with E-state index in [-0.39, 0.29) is 0 Å². The van der Waals surface area contributed by atoms with Gasteiger partial charge in [0.1, 0.15) is 0 Å². The minimum atomic E-state index is 0.987. The highest BCUT2D eigenvalue weighted by molar-refractivity contribution is 9.10. The Labute approximate surface area is 107 Å². The quantitative estimate of drug-likeness (QED) is 0.383. The normalized spacial score (nSPS) is 9.81. The van der Waals surface area contributed by atoms with Crippen LogP contribution in [0.2, 0.25) is 0 Å². The summed E-state index contributed by atoms with van der Waals surface area (Å²) in [5, 5.41) is 0. The van der Waals surface area contributed by atoms with E-state index in [4.69, 9.17) is 0 Å². The molecule has 0 atom stereocenters. The number of halogens is 1. The summed E-state index contributed by atoms with van der Waals surface area (Å²) in [4.78, 5) is 0. The molecule has 0 aromatic heterocycles. The highest BCUT2D eigenvalue weighted by Gasteiger charge is 2.04. The first-order valence-corrected chi connectivity index (χ1v) is 6.19. The molecule has 1 rings (SSSR count). The maximum atomic E-state index is 4.01. The molecule has 0 saturated carbocycles. The van der Waals surface area contributed by atoms with Crippen molar-refractivity contribution in [1.29, 1.82) is 0 Å². The van der Waals surface area contributed by atoms with Crippen molar-refractivity contribution in [2.75, 3.05) is 0 Å². The van der Waals surface area contributed by atoms with Gasteiger partial charge in [-0.3, -0.25) is 0 Å². The van der Waals surface area contributed by atoms with Crippen LogP contribution in [-0.4, -0.2) is 0 Å². The van der Waals surface area contributed by atoms with Crippen molar-refractivity contribution >= 4 is 21.5 Å². The summed E-state index contributed by atoms with van der Waals surface area (Å²) in [6.07, 6.45) is 6.98. The summed E-state index contributed by atoms with van der Waals surface area (Å²) in [7, 11) is 0. The molecule has 0 aliphatic carbocycles. The minimum Gasteiger partial charge on any atom is -0.103 e. The Balaban J connectivity index is 2.93. The Bertz CT molecular complexity index is 402. The van der Waals surface area contributed by atoms with Crippen molar-refractivity contribution in [2.45, 2.75) is 19.3 Å². The number of benzene rings is 1. The predicted octanol–water partition coefficient (Wildman–Crippen LogP) is 5.16. The zero-order valence-corrected chi connectivity index (χ0v) is 11.1. The standard InChI is InChI=1S/C15H17Br/c1-4-6-7-8-13-11-14(16)9-10-15(13)12(3)5-2/h4-5,9-11H,1-3,6-8H2. The summed E-state index contributed by atoms with van der Waals surface area (Å²) >= 11 is 3.50. The van der Waals surface area contributed by atoms with Gasteiger partial charge in [0.15, 0.2) is 0 Å². The number of rotatable bonds is 6. The molecule has 0 bridgehead atoms. The van der Waals surface area contributed by atoms with Crippen LogP contribution in [0.25, 0.3) is 5.57 Å². The van der Waals surface area contributed by atoms with Crippen molar-refractivity contribution in [2.24, 2.45) is 0 Å². The van der Waals surface area contributed by atoms with Gasteiger partial charge in [0.2, 0.25) is 0 Å². The molecule has 1 aromatic carbocycles. The second kappa shape index (κ2) is 6.49. The zero-order valence-electron chi connectivity index (χ0n) is 9.51. The van der Waals surface area contributed by atoms with E-state index in [9.17, 15) is 0 Å². The van der Waals surface area contributed by atoms with E-state index >= 15 is 0 Å². The highest BCUT2D eigenvalue weighted by Crippen LogP contribution is 2.24. The van der Waals surface area contributed by atoms with Crippen molar-refractivity contribution in [3.8, 4) is 0 Å². The lowest BCUT2D eigenvalue weighted by molar-refractivity contribution is 0.842. The average Bonchev–Trinajstić information content (AvgIpc) is 2.29. The van der Waals surface area contributed by atoms with Gasteiger partial charge in [0.25, 0.3) is 0 Å². The van der Waals surface area contributed by atoms with E-state index in [1.807, 2.05) is 12.1 Å². The van der Waals surface area contributed by atoms with E-state index in [0.29, 0.717) is 0 Å². The van der Waals surface area contributed by atoms with Crippen molar-refractivity contribution in [3.63, 3.8) is 0 Å². The molecule has 1 aromatic rings. The first-order valence-electron chi connectivity index (χ1n) is 5.40. The Morgan fingerprint density at radius 2 is 2.06 bits per heavy atom. The van der Waals surface area contributed by atoms with Crippen LogP contribution in [0.3, 0.4) is 0 Å². The third-order valence-corrected chi connectivity index (χ3v) is 3.01. The van der Waals surface area contributed by atoms with E-state index in [0.717, 1.165) is 29.3 Å². The molecule has 0 N–H and O–H groups in total. The van der Waals surface area contributed by atoms with E-state index in [1.165, 1.54) is 11.1 Å². The van der Waals surface area contributed by atoms with Gasteiger partial charge in [0, 0.05) is 4.47 Å². The van der Waals surface area contributed by atoms with Crippen molar-refractivity contribution < 1.29 is 0 Å². The van der Waals surface area contributed by atoms with E-state index < -0.39 is 0 Å². The fourth-order valence-corrected chi connectivity index (χ4v) is 2.04. The van der Waals surface area contributed by atoms with Crippen LogP contribution in [-0.2, 0) is 6.42 Å². The van der Waals surface area contributed by atoms with Gasteiger partial charge in [-0.2, -0.15) is 0 Å². The molecule has 16 heavy (non-hydrogen) atoms. The van der Waals surface area contributed by atoms with Gasteiger partial charge in [0.05, 0.1) is 0 Å². The molecule has 84 valence electrons. The van der Waals surface area contributed by atoms with Gasteiger partial charge >= 0.3 is 0 Å². The van der Waals surface area contributed by atoms with Crippen LogP contribution in [0.15, 0.2) is 54.6 Å². The number of hydrogen-bond acceptors (Lipinski definition) is 0. The molecule has 0 radical (unpaired) electrons. The minimum absolute atomic E-state index is 0.987. The topological polar surface area (TPSA) is 0 Å². The second-order valence-electron chi connectivity index (χ2n) is 3.71. The lowest BCUT2D eigenvalue weighted by atomic mass is 9.97. The molecule has 0 aliphatic rings. The van der Waals surface area contributed by atoms with Crippen LogP contribution in [0.4, 0.5) is 0 Å². The number of allylic oxidation sites excluding steroid dienone is 3. The molecular formula is C15H17Br. The molecule has 0 saturated heterocycles. The molecule has 0 heterocycles. The summed E-state index contributed by atoms with van der Waals surface area (Å²) in [6.45, 7) is 11.5. The number of hydrogen-bond donors (Lipinski definition) is 0. The van der Waals surface area contributed by atoms with Gasteiger partial charge in [-0.15, -0.1) is 6.58 Å². The summed E-state index contributed by atoms with van der Waals surface area (Å²) in [5.41, 5.74) is 3.50. The third-order valence-electron chi connectivity index (χ3n) is 2.51. The van der Waals surface area contributed by atoms with Gasteiger partial charge in [-0.1, -0.05) is 47.3 Å². The maximum Gasteiger partial charge on any atom is 0.0178 e. The van der Waals surface area contributed by atoms with Crippen LogP contribution < -0.4 is 0 Å². The fourth-order valence-electron chi connectivity index (χ4n) is 1.63. The molecule has 0 fully saturated rings. The van der Waals surface area contributed by atoms with Crippen LogP contribution >= 0.6 is 15.9 Å². The molecular weight excluding hydrogens is 260 g/mol. The van der Waals surface area contributed by atoms with Gasteiger partial charge < -0.3 is 0 Å². The second-order valence-corrected chi connectivity index (χ2v) is 4.63. The molecule has 0 aliphatic heterocycles. The predicted molar refractivity (Wildman–Crippen MR) is 76.5 cm³/mol. The Morgan fingerprint density at radius 3 is 2.69 bits per heavy atom. The zero-order chi connectivity index (χ0) is 12.0. The Hall–Kier alpha value is -1.08. The first-order chi connectivity index (χ1) is 7.69. The average molecular weight is 277 g/mol. The SMILES string of the molecule is C=CCCCc1cc(Br)ccc1C(=C)C=C. The largest absolute Gasteiger partial charge is 0.103 e. The summed E-state index contributed by atoms with van der Waals surface area (Å²) in [5.74, 6) is 0. The Kier molecular flexibility index (Phi) is 5.27. The first kappa shape index (κ1) is 13.0. The summed E-state index contributed by atoms with van der Waals surface area (Å²) in [6, 6.07) is 6.30. The monoisotopic (exact) mass is 276 g/mol. The number of aryl methyl sites for hydroxylation is 1. The fraction of sp³-hybridized carbons (Fsp3) is 0.200. The highest BCUT2D eigenvalue weighted by atomic mass is 79.9.